The molecule has 338 valence electrons. The number of nitrogens with zero attached hydrogens (tertiary/aromatic N) is 7. The largest absolute Gasteiger partial charge is 0.338 e. The van der Waals surface area contributed by atoms with E-state index in [4.69, 9.17) is 0 Å². The zero-order valence-electron chi connectivity index (χ0n) is 37.1. The minimum atomic E-state index is -0.606. The number of piperidine rings is 1. The van der Waals surface area contributed by atoms with Gasteiger partial charge >= 0.3 is 0 Å². The molecule has 2 aromatic heterocycles. The van der Waals surface area contributed by atoms with Gasteiger partial charge in [0, 0.05) is 101 Å². The number of anilines is 1. The summed E-state index contributed by atoms with van der Waals surface area (Å²) >= 11 is 0. The summed E-state index contributed by atoms with van der Waals surface area (Å²) in [6.07, 6.45) is 6.73. The number of H-pyrrole nitrogens is 1. The fourth-order valence-corrected chi connectivity index (χ4v) is 10.4. The van der Waals surface area contributed by atoms with Crippen molar-refractivity contribution in [3.63, 3.8) is 0 Å². The van der Waals surface area contributed by atoms with Crippen LogP contribution in [0.25, 0.3) is 21.9 Å². The molecule has 4 aliphatic rings. The van der Waals surface area contributed by atoms with Crippen molar-refractivity contribution >= 4 is 40.1 Å². The molecule has 2 N–H and O–H groups in total. The molecule has 2 unspecified atom stereocenters. The van der Waals surface area contributed by atoms with Gasteiger partial charge in [-0.05, 0) is 79.0 Å². The number of aromatic amines is 1. The zero-order valence-corrected chi connectivity index (χ0v) is 37.1. The number of aromatic nitrogens is 3. The summed E-state index contributed by atoms with van der Waals surface area (Å²) in [6.45, 7) is 9.51. The summed E-state index contributed by atoms with van der Waals surface area (Å²) in [5, 5.41) is 10.9. The predicted molar refractivity (Wildman–Crippen MR) is 246 cm³/mol. The number of pyridine rings is 1. The Hall–Kier alpha value is -6.32. The third-order valence-electron chi connectivity index (χ3n) is 13.8. The van der Waals surface area contributed by atoms with Gasteiger partial charge in [-0.2, -0.15) is 5.10 Å². The van der Waals surface area contributed by atoms with Crippen molar-refractivity contribution < 1.29 is 23.6 Å². The number of amides is 4. The molecular weight excluding hydrogens is 826 g/mol. The van der Waals surface area contributed by atoms with Gasteiger partial charge in [0.15, 0.2) is 5.69 Å². The number of hydrogen-bond acceptors (Lipinski definition) is 9. The second-order valence-corrected chi connectivity index (χ2v) is 18.1. The first-order chi connectivity index (χ1) is 31.5. The van der Waals surface area contributed by atoms with Gasteiger partial charge in [0.25, 0.3) is 17.4 Å². The van der Waals surface area contributed by atoms with Crippen LogP contribution in [0, 0.1) is 11.7 Å². The molecule has 0 radical (unpaired) electrons. The van der Waals surface area contributed by atoms with Gasteiger partial charge in [-0.25, -0.2) is 14.5 Å². The van der Waals surface area contributed by atoms with E-state index in [0.717, 1.165) is 76.0 Å². The van der Waals surface area contributed by atoms with Gasteiger partial charge in [-0.1, -0.05) is 55.5 Å². The number of piperazine rings is 2. The van der Waals surface area contributed by atoms with Crippen LogP contribution in [0.4, 0.5) is 10.1 Å². The van der Waals surface area contributed by atoms with Gasteiger partial charge < -0.3 is 24.9 Å². The second kappa shape index (κ2) is 19.0. The molecule has 2 bridgehead atoms. The predicted octanol–water partition coefficient (Wildman–Crippen LogP) is 5.22. The number of nitrogens with one attached hydrogen (secondary N) is 2. The number of halogens is 1. The number of benzene rings is 3. The van der Waals surface area contributed by atoms with Gasteiger partial charge in [0.1, 0.15) is 5.82 Å². The van der Waals surface area contributed by atoms with Crippen LogP contribution >= 0.6 is 0 Å². The van der Waals surface area contributed by atoms with Crippen LogP contribution in [-0.2, 0) is 22.4 Å². The van der Waals surface area contributed by atoms with Crippen molar-refractivity contribution in [2.45, 2.75) is 64.5 Å². The van der Waals surface area contributed by atoms with Crippen molar-refractivity contribution in [2.24, 2.45) is 5.92 Å². The molecule has 5 aromatic rings. The standard InChI is InChI=1S/C50H56FN9O5/c1-3-33-7-6-8-36(23-33)37-28-45(53-32(2)61)47(52-29-37)50(65)60-38-12-13-39(60)25-35(24-38)30-56-15-17-57(18-16-56)31-46(62)58-19-21-59(22-20-58)49(64)42-26-34(11-14-43(42)51)27-44-40-9-4-5-10-41(40)48(63)55-54-44/h4-11,14,23,26,28-29,35,38-39H,3,12-13,15-22,24-25,27,30-31H2,1-2H3,(H,53,61)(H,55,63). The highest BCUT2D eigenvalue weighted by Gasteiger charge is 2.45. The van der Waals surface area contributed by atoms with E-state index in [0.29, 0.717) is 72.8 Å². The molecule has 9 rings (SSSR count). The van der Waals surface area contributed by atoms with E-state index >= 15 is 4.39 Å². The molecule has 4 aliphatic heterocycles. The smallest absolute Gasteiger partial charge is 0.275 e. The van der Waals surface area contributed by atoms with Crippen LogP contribution in [-0.4, -0.2) is 141 Å². The lowest BCUT2D eigenvalue weighted by Gasteiger charge is -2.42. The molecule has 0 aliphatic carbocycles. The molecule has 3 aromatic carbocycles. The molecule has 4 fully saturated rings. The number of carbonyl (C=O) groups excluding carboxylic acids is 4. The van der Waals surface area contributed by atoms with Gasteiger partial charge in [0.05, 0.1) is 28.9 Å². The topological polar surface area (TPSA) is 155 Å². The van der Waals surface area contributed by atoms with Crippen LogP contribution < -0.4 is 10.9 Å². The maximum absolute atomic E-state index is 15.1. The fraction of sp³-hybridized carbons (Fsp3) is 0.420. The normalized spacial score (nSPS) is 20.3. The molecule has 4 amide bonds. The average molecular weight is 882 g/mol. The van der Waals surface area contributed by atoms with E-state index in [1.165, 1.54) is 18.6 Å². The molecule has 14 nitrogen and oxygen atoms in total. The van der Waals surface area contributed by atoms with Gasteiger partial charge in [-0.3, -0.25) is 28.9 Å². The SMILES string of the molecule is CCc1cccc(-c2cnc(C(=O)N3C4CCC3CC(CN3CCN(CC(=O)N5CCN(C(=O)c6cc(Cc7n[nH]c(=O)c8ccccc78)ccc6F)CC5)CC3)C4)c(NC(C)=O)c2)c1. The number of rotatable bonds is 11. The molecule has 4 saturated heterocycles. The molecule has 6 heterocycles. The Labute approximate surface area is 377 Å². The van der Waals surface area contributed by atoms with Gasteiger partial charge in [-0.15, -0.1) is 0 Å². The summed E-state index contributed by atoms with van der Waals surface area (Å²) in [7, 11) is 0. The third-order valence-corrected chi connectivity index (χ3v) is 13.8. The van der Waals surface area contributed by atoms with Crippen molar-refractivity contribution in [1.82, 2.24) is 39.7 Å². The van der Waals surface area contributed by atoms with Crippen LogP contribution in [0.5, 0.6) is 0 Å². The van der Waals surface area contributed by atoms with Gasteiger partial charge in [0.2, 0.25) is 11.8 Å². The lowest BCUT2D eigenvalue weighted by molar-refractivity contribution is -0.134. The highest BCUT2D eigenvalue weighted by Crippen LogP contribution is 2.41. The van der Waals surface area contributed by atoms with E-state index in [1.54, 1.807) is 40.3 Å². The maximum Gasteiger partial charge on any atom is 0.275 e. The van der Waals surface area contributed by atoms with E-state index in [-0.39, 0.29) is 46.6 Å². The lowest BCUT2D eigenvalue weighted by Crippen LogP contribution is -2.55. The summed E-state index contributed by atoms with van der Waals surface area (Å²) < 4.78 is 15.1. The van der Waals surface area contributed by atoms with E-state index in [2.05, 4.69) is 49.4 Å². The molecule has 2 atom stereocenters. The van der Waals surface area contributed by atoms with Crippen LogP contribution in [0.2, 0.25) is 0 Å². The summed E-state index contributed by atoms with van der Waals surface area (Å²) in [6, 6.07) is 22.0. The van der Waals surface area contributed by atoms with Crippen LogP contribution in [0.15, 0.2) is 83.8 Å². The number of aryl methyl sites for hydroxylation is 1. The number of carbonyl (C=O) groups is 4. The Morgan fingerprint density at radius 2 is 1.48 bits per heavy atom. The number of hydrogen-bond donors (Lipinski definition) is 2. The molecular formula is C50H56FN9O5. The van der Waals surface area contributed by atoms with Crippen LogP contribution in [0.3, 0.4) is 0 Å². The Morgan fingerprint density at radius 3 is 2.20 bits per heavy atom. The van der Waals surface area contributed by atoms with Crippen molar-refractivity contribution in [3.8, 4) is 11.1 Å². The summed E-state index contributed by atoms with van der Waals surface area (Å²) in [5.41, 5.74) is 4.80. The summed E-state index contributed by atoms with van der Waals surface area (Å²) in [4.78, 5) is 80.6. The monoisotopic (exact) mass is 881 g/mol. The molecule has 0 spiro atoms. The molecule has 0 saturated carbocycles. The second-order valence-electron chi connectivity index (χ2n) is 18.1. The first kappa shape index (κ1) is 43.9. The highest BCUT2D eigenvalue weighted by molar-refractivity contribution is 6.03. The average Bonchev–Trinajstić information content (AvgIpc) is 3.59. The molecule has 65 heavy (non-hydrogen) atoms. The molecule has 15 heteroatoms. The van der Waals surface area contributed by atoms with E-state index in [9.17, 15) is 24.0 Å². The Kier molecular flexibility index (Phi) is 12.9. The van der Waals surface area contributed by atoms with E-state index < -0.39 is 11.7 Å². The summed E-state index contributed by atoms with van der Waals surface area (Å²) in [5.74, 6) is -0.889. The Bertz CT molecular complexity index is 2660. The van der Waals surface area contributed by atoms with Crippen LogP contribution in [0.1, 0.15) is 77.2 Å². The van der Waals surface area contributed by atoms with E-state index in [1.807, 2.05) is 35.2 Å². The minimum absolute atomic E-state index is 0.0227. The Morgan fingerprint density at radius 1 is 0.769 bits per heavy atom. The first-order valence-corrected chi connectivity index (χ1v) is 23.0. The quantitative estimate of drug-likeness (QED) is 0.182. The van der Waals surface area contributed by atoms with Crippen molar-refractivity contribution in [3.05, 3.63) is 123 Å². The lowest BCUT2D eigenvalue weighted by atomic mass is 9.89. The third kappa shape index (κ3) is 9.57. The fourth-order valence-electron chi connectivity index (χ4n) is 10.4. The van der Waals surface area contributed by atoms with Crippen molar-refractivity contribution in [1.29, 1.82) is 0 Å². The number of fused-ring (bicyclic) bond motifs is 3. The zero-order chi connectivity index (χ0) is 45.2. The maximum atomic E-state index is 15.1. The Balaban J connectivity index is 0.736. The first-order valence-electron chi connectivity index (χ1n) is 23.0. The highest BCUT2D eigenvalue weighted by atomic mass is 19.1. The van der Waals surface area contributed by atoms with Crippen molar-refractivity contribution in [2.75, 3.05) is 70.8 Å². The minimum Gasteiger partial charge on any atom is -0.338 e.